The van der Waals surface area contributed by atoms with Gasteiger partial charge in [0, 0.05) is 17.8 Å². The third kappa shape index (κ3) is 2.91. The maximum Gasteiger partial charge on any atom is 0.243 e. The molecule has 0 aliphatic carbocycles. The van der Waals surface area contributed by atoms with Crippen molar-refractivity contribution in [3.8, 4) is 0 Å². The lowest BCUT2D eigenvalue weighted by Gasteiger charge is -2.08. The highest BCUT2D eigenvalue weighted by atomic mass is 32.2. The molecular formula is C11H13FN4O2S. The second kappa shape index (κ2) is 4.98. The predicted octanol–water partition coefficient (Wildman–Crippen LogP) is 0.918. The minimum Gasteiger partial charge on any atom is -0.398 e. The number of halogens is 1. The van der Waals surface area contributed by atoms with Crippen LogP contribution in [0.3, 0.4) is 0 Å². The third-order valence-corrected chi connectivity index (χ3v) is 4.11. The van der Waals surface area contributed by atoms with Crippen LogP contribution in [0.4, 0.5) is 10.1 Å². The molecule has 0 atom stereocenters. The smallest absolute Gasteiger partial charge is 0.243 e. The molecule has 0 fully saturated rings. The number of nitrogen functional groups attached to an aromatic ring is 1. The maximum atomic E-state index is 13.1. The number of hydrogen-bond acceptors (Lipinski definition) is 4. The van der Waals surface area contributed by atoms with E-state index in [4.69, 9.17) is 5.73 Å². The van der Waals surface area contributed by atoms with Crippen molar-refractivity contribution in [1.29, 1.82) is 0 Å². The number of nitrogens with zero attached hydrogens (tertiary/aromatic N) is 1. The minimum atomic E-state index is -3.86. The molecule has 0 amide bonds. The first-order chi connectivity index (χ1) is 8.90. The molecule has 0 aliphatic heterocycles. The van der Waals surface area contributed by atoms with E-state index in [9.17, 15) is 12.8 Å². The van der Waals surface area contributed by atoms with E-state index < -0.39 is 15.8 Å². The largest absolute Gasteiger partial charge is 0.398 e. The Morgan fingerprint density at radius 2 is 2.21 bits per heavy atom. The van der Waals surface area contributed by atoms with Crippen LogP contribution in [-0.4, -0.2) is 18.6 Å². The van der Waals surface area contributed by atoms with E-state index in [1.165, 1.54) is 12.3 Å². The summed E-state index contributed by atoms with van der Waals surface area (Å²) < 4.78 is 39.5. The van der Waals surface area contributed by atoms with Crippen molar-refractivity contribution in [3.63, 3.8) is 0 Å². The Hall–Kier alpha value is -1.93. The number of anilines is 1. The second-order valence-electron chi connectivity index (χ2n) is 4.03. The fraction of sp³-hybridized carbons (Fsp3) is 0.182. The third-order valence-electron chi connectivity index (χ3n) is 2.65. The molecule has 2 aromatic rings. The van der Waals surface area contributed by atoms with Crippen LogP contribution in [-0.2, 0) is 16.6 Å². The van der Waals surface area contributed by atoms with Crippen molar-refractivity contribution >= 4 is 15.7 Å². The van der Waals surface area contributed by atoms with Gasteiger partial charge in [-0.1, -0.05) is 0 Å². The molecule has 0 spiro atoms. The Labute approximate surface area is 109 Å². The zero-order valence-corrected chi connectivity index (χ0v) is 11.0. The lowest BCUT2D eigenvalue weighted by molar-refractivity contribution is 0.578. The van der Waals surface area contributed by atoms with Gasteiger partial charge in [-0.3, -0.25) is 5.10 Å². The lowest BCUT2D eigenvalue weighted by atomic mass is 10.3. The molecular weight excluding hydrogens is 271 g/mol. The number of aromatic amines is 1. The molecule has 8 heteroatoms. The van der Waals surface area contributed by atoms with Gasteiger partial charge in [-0.15, -0.1) is 0 Å². The summed E-state index contributed by atoms with van der Waals surface area (Å²) in [7, 11) is -3.86. The summed E-state index contributed by atoms with van der Waals surface area (Å²) in [4.78, 5) is -0.270. The first-order valence-electron chi connectivity index (χ1n) is 5.43. The van der Waals surface area contributed by atoms with Gasteiger partial charge in [0.1, 0.15) is 10.7 Å². The van der Waals surface area contributed by atoms with Gasteiger partial charge in [0.25, 0.3) is 0 Å². The summed E-state index contributed by atoms with van der Waals surface area (Å²) in [6.45, 7) is 1.83. The number of rotatable bonds is 4. The van der Waals surface area contributed by atoms with Crippen LogP contribution in [0.1, 0.15) is 11.3 Å². The van der Waals surface area contributed by atoms with Gasteiger partial charge < -0.3 is 5.73 Å². The van der Waals surface area contributed by atoms with Gasteiger partial charge >= 0.3 is 0 Å². The number of H-pyrrole nitrogens is 1. The Kier molecular flexibility index (Phi) is 3.54. The fourth-order valence-electron chi connectivity index (χ4n) is 1.55. The fourth-order valence-corrected chi connectivity index (χ4v) is 2.69. The van der Waals surface area contributed by atoms with Gasteiger partial charge in [-0.2, -0.15) is 5.10 Å². The molecule has 6 nitrogen and oxygen atoms in total. The van der Waals surface area contributed by atoms with Crippen LogP contribution in [0, 0.1) is 12.7 Å². The Morgan fingerprint density at radius 1 is 1.47 bits per heavy atom. The Bertz CT molecular complexity index is 696. The first kappa shape index (κ1) is 13.5. The highest BCUT2D eigenvalue weighted by molar-refractivity contribution is 7.89. The number of hydrogen-bond donors (Lipinski definition) is 3. The molecule has 4 N–H and O–H groups in total. The quantitative estimate of drug-likeness (QED) is 0.727. The highest BCUT2D eigenvalue weighted by Crippen LogP contribution is 2.19. The number of nitrogens with two attached hydrogens (primary N) is 1. The van der Waals surface area contributed by atoms with Gasteiger partial charge in [0.2, 0.25) is 10.0 Å². The molecule has 102 valence electrons. The topological polar surface area (TPSA) is 101 Å². The molecule has 0 aliphatic rings. The van der Waals surface area contributed by atoms with E-state index in [0.29, 0.717) is 5.56 Å². The average Bonchev–Trinajstić information content (AvgIpc) is 2.75. The SMILES string of the molecule is Cc1[nH]ncc1CNS(=O)(=O)c1cc(F)ccc1N. The van der Waals surface area contributed by atoms with E-state index >= 15 is 0 Å². The van der Waals surface area contributed by atoms with Crippen LogP contribution < -0.4 is 10.5 Å². The second-order valence-corrected chi connectivity index (χ2v) is 5.76. The van der Waals surface area contributed by atoms with Crippen molar-refractivity contribution in [2.45, 2.75) is 18.4 Å². The number of aryl methyl sites for hydroxylation is 1. The predicted molar refractivity (Wildman–Crippen MR) is 68.2 cm³/mol. The zero-order chi connectivity index (χ0) is 14.0. The van der Waals surface area contributed by atoms with Gasteiger partial charge in [-0.05, 0) is 25.1 Å². The minimum absolute atomic E-state index is 0.00202. The van der Waals surface area contributed by atoms with E-state index in [0.717, 1.165) is 17.8 Å². The van der Waals surface area contributed by atoms with Crippen LogP contribution in [0.2, 0.25) is 0 Å². The molecule has 0 saturated heterocycles. The summed E-state index contributed by atoms with van der Waals surface area (Å²) in [5, 5.41) is 6.48. The van der Waals surface area contributed by atoms with E-state index in [1.54, 1.807) is 6.92 Å². The summed E-state index contributed by atoms with van der Waals surface area (Å²) in [6, 6.07) is 3.21. The van der Waals surface area contributed by atoms with Gasteiger partial charge in [0.05, 0.1) is 11.9 Å². The standard InChI is InChI=1S/C11H13FN4O2S/c1-7-8(5-14-16-7)6-15-19(17,18)11-4-9(12)2-3-10(11)13/h2-5,15H,6,13H2,1H3,(H,14,16). The number of aromatic nitrogens is 2. The number of nitrogens with one attached hydrogen (secondary N) is 2. The van der Waals surface area contributed by atoms with Crippen molar-refractivity contribution in [2.24, 2.45) is 0 Å². The van der Waals surface area contributed by atoms with Crippen LogP contribution in [0.25, 0.3) is 0 Å². The molecule has 1 aromatic carbocycles. The van der Waals surface area contributed by atoms with Crippen LogP contribution in [0.15, 0.2) is 29.3 Å². The molecule has 1 heterocycles. The van der Waals surface area contributed by atoms with Crippen molar-refractivity contribution in [1.82, 2.24) is 14.9 Å². The molecule has 19 heavy (non-hydrogen) atoms. The monoisotopic (exact) mass is 284 g/mol. The molecule has 0 saturated carbocycles. The molecule has 2 rings (SSSR count). The van der Waals surface area contributed by atoms with Gasteiger partial charge in [0.15, 0.2) is 0 Å². The molecule has 0 unspecified atom stereocenters. The summed E-state index contributed by atoms with van der Waals surface area (Å²) in [5.41, 5.74) is 7.01. The normalized spacial score (nSPS) is 11.7. The molecule has 0 radical (unpaired) electrons. The van der Waals surface area contributed by atoms with Crippen molar-refractivity contribution in [2.75, 3.05) is 5.73 Å². The number of benzene rings is 1. The van der Waals surface area contributed by atoms with Gasteiger partial charge in [-0.25, -0.2) is 17.5 Å². The van der Waals surface area contributed by atoms with E-state index in [1.807, 2.05) is 0 Å². The lowest BCUT2D eigenvalue weighted by Crippen LogP contribution is -2.24. The summed E-state index contributed by atoms with van der Waals surface area (Å²) in [6.07, 6.45) is 1.52. The average molecular weight is 284 g/mol. The van der Waals surface area contributed by atoms with E-state index in [2.05, 4.69) is 14.9 Å². The van der Waals surface area contributed by atoms with E-state index in [-0.39, 0.29) is 17.1 Å². The molecule has 1 aromatic heterocycles. The van der Waals surface area contributed by atoms with Crippen molar-refractivity contribution < 1.29 is 12.8 Å². The summed E-state index contributed by atoms with van der Waals surface area (Å²) >= 11 is 0. The summed E-state index contributed by atoms with van der Waals surface area (Å²) in [5.74, 6) is -0.658. The van der Waals surface area contributed by atoms with Crippen LogP contribution >= 0.6 is 0 Å². The Balaban J connectivity index is 2.23. The highest BCUT2D eigenvalue weighted by Gasteiger charge is 2.18. The van der Waals surface area contributed by atoms with Crippen LogP contribution in [0.5, 0.6) is 0 Å². The Morgan fingerprint density at radius 3 is 2.84 bits per heavy atom. The maximum absolute atomic E-state index is 13.1. The first-order valence-corrected chi connectivity index (χ1v) is 6.92. The molecule has 0 bridgehead atoms. The van der Waals surface area contributed by atoms with Crippen molar-refractivity contribution in [3.05, 3.63) is 41.5 Å². The number of sulfonamides is 1. The zero-order valence-electron chi connectivity index (χ0n) is 10.1.